The van der Waals surface area contributed by atoms with Crippen molar-refractivity contribution in [3.63, 3.8) is 0 Å². The predicted octanol–water partition coefficient (Wildman–Crippen LogP) is 3.35. The van der Waals surface area contributed by atoms with E-state index in [9.17, 15) is 9.59 Å². The number of benzene rings is 3. The Morgan fingerprint density at radius 1 is 0.656 bits per heavy atom. The van der Waals surface area contributed by atoms with Gasteiger partial charge in [0.05, 0.1) is 0 Å². The Bertz CT molecular complexity index is 988. The van der Waals surface area contributed by atoms with E-state index in [-0.39, 0.29) is 23.9 Å². The van der Waals surface area contributed by atoms with E-state index < -0.39 is 14.3 Å². The number of rotatable bonds is 6. The van der Waals surface area contributed by atoms with Crippen LogP contribution in [0.3, 0.4) is 0 Å². The van der Waals surface area contributed by atoms with Crippen molar-refractivity contribution < 1.29 is 9.59 Å². The summed E-state index contributed by atoms with van der Waals surface area (Å²) in [6, 6.07) is 29.9. The first-order chi connectivity index (χ1) is 15.4. The Morgan fingerprint density at radius 3 is 1.34 bits per heavy atom. The van der Waals surface area contributed by atoms with Crippen molar-refractivity contribution >= 4 is 35.7 Å². The minimum atomic E-state index is -3.09. The van der Waals surface area contributed by atoms with E-state index in [1.165, 1.54) is 4.90 Å². The molecule has 0 radical (unpaired) electrons. The predicted molar refractivity (Wildman–Crippen MR) is 132 cm³/mol. The normalized spacial score (nSPS) is 17.0. The summed E-state index contributed by atoms with van der Waals surface area (Å²) in [7, 11) is -3.09. The molecular formula is C27H30N2O2Si. The zero-order chi connectivity index (χ0) is 22.9. The monoisotopic (exact) mass is 442 g/mol. The number of hydrogen-bond donors (Lipinski definition) is 0. The summed E-state index contributed by atoms with van der Waals surface area (Å²) in [5.74, 6) is -0.113. The van der Waals surface area contributed by atoms with Gasteiger partial charge in [-0.05, 0) is 35.3 Å². The molecule has 1 saturated heterocycles. The molecule has 0 spiro atoms. The number of nitrogens with zero attached hydrogens (tertiary/aromatic N) is 2. The maximum Gasteiger partial charge on any atom is 0.320 e. The maximum atomic E-state index is 14.1. The standard InChI is InChI=1S/C27H30N2O2Si/c1-20(2)25-26(30)28(21(3)4)27(31)29(25)32(22-14-8-5-9-15-22,23-16-10-6-11-17-23)24-18-12-7-13-19-24/h5-21,25H,1-4H3. The van der Waals surface area contributed by atoms with Gasteiger partial charge in [0.1, 0.15) is 6.04 Å². The van der Waals surface area contributed by atoms with Crippen LogP contribution in [-0.4, -0.2) is 41.7 Å². The molecule has 1 aliphatic heterocycles. The first-order valence-corrected chi connectivity index (χ1v) is 13.2. The summed E-state index contributed by atoms with van der Waals surface area (Å²) in [5.41, 5.74) is 0. The van der Waals surface area contributed by atoms with Crippen LogP contribution < -0.4 is 15.6 Å². The average Bonchev–Trinajstić information content (AvgIpc) is 3.07. The number of amides is 3. The van der Waals surface area contributed by atoms with Gasteiger partial charge >= 0.3 is 6.03 Å². The average molecular weight is 443 g/mol. The molecule has 0 saturated carbocycles. The second-order valence-electron chi connectivity index (χ2n) is 8.95. The Kier molecular flexibility index (Phi) is 6.02. The number of carbonyl (C=O) groups excluding carboxylic acids is 2. The third kappa shape index (κ3) is 3.37. The molecule has 1 aliphatic rings. The molecule has 0 N–H and O–H groups in total. The lowest BCUT2D eigenvalue weighted by atomic mass is 10.0. The fraction of sp³-hybridized carbons (Fsp3) is 0.259. The lowest BCUT2D eigenvalue weighted by molar-refractivity contribution is -0.129. The highest BCUT2D eigenvalue weighted by Crippen LogP contribution is 2.30. The van der Waals surface area contributed by atoms with E-state index >= 15 is 0 Å². The molecule has 0 bridgehead atoms. The highest BCUT2D eigenvalue weighted by atomic mass is 28.3. The van der Waals surface area contributed by atoms with Crippen LogP contribution in [0.1, 0.15) is 27.7 Å². The number of hydrogen-bond acceptors (Lipinski definition) is 2. The highest BCUT2D eigenvalue weighted by Gasteiger charge is 2.59. The van der Waals surface area contributed by atoms with Crippen molar-refractivity contribution in [3.05, 3.63) is 91.0 Å². The topological polar surface area (TPSA) is 40.6 Å². The van der Waals surface area contributed by atoms with Gasteiger partial charge in [0.2, 0.25) is 0 Å². The largest absolute Gasteiger partial charge is 0.327 e. The van der Waals surface area contributed by atoms with Gasteiger partial charge < -0.3 is 4.57 Å². The van der Waals surface area contributed by atoms with Crippen LogP contribution in [0, 0.1) is 5.92 Å². The third-order valence-electron chi connectivity index (χ3n) is 6.26. The van der Waals surface area contributed by atoms with E-state index in [1.54, 1.807) is 0 Å². The van der Waals surface area contributed by atoms with Crippen LogP contribution in [-0.2, 0) is 4.79 Å². The minimum Gasteiger partial charge on any atom is -0.327 e. The van der Waals surface area contributed by atoms with E-state index in [0.717, 1.165) is 15.6 Å². The molecule has 0 aromatic heterocycles. The molecule has 3 amide bonds. The van der Waals surface area contributed by atoms with Crippen molar-refractivity contribution in [1.82, 2.24) is 9.47 Å². The van der Waals surface area contributed by atoms with Crippen molar-refractivity contribution in [2.75, 3.05) is 0 Å². The van der Waals surface area contributed by atoms with Gasteiger partial charge in [0.15, 0.2) is 0 Å². The van der Waals surface area contributed by atoms with E-state index in [4.69, 9.17) is 0 Å². The molecule has 1 fully saturated rings. The Balaban J connectivity index is 2.12. The summed E-state index contributed by atoms with van der Waals surface area (Å²) >= 11 is 0. The molecule has 0 aliphatic carbocycles. The second kappa shape index (κ2) is 8.75. The summed E-state index contributed by atoms with van der Waals surface area (Å²) in [4.78, 5) is 29.2. The molecule has 32 heavy (non-hydrogen) atoms. The van der Waals surface area contributed by atoms with Gasteiger partial charge in [-0.1, -0.05) is 105 Å². The smallest absolute Gasteiger partial charge is 0.320 e. The third-order valence-corrected chi connectivity index (χ3v) is 11.0. The van der Waals surface area contributed by atoms with Crippen LogP contribution in [0.4, 0.5) is 4.79 Å². The van der Waals surface area contributed by atoms with Gasteiger partial charge in [-0.3, -0.25) is 9.69 Å². The Labute approximate surface area is 191 Å². The highest BCUT2D eigenvalue weighted by molar-refractivity contribution is 7.10. The van der Waals surface area contributed by atoms with Gasteiger partial charge in [0, 0.05) is 6.04 Å². The molecule has 1 atom stereocenters. The van der Waals surface area contributed by atoms with Crippen molar-refractivity contribution in [2.24, 2.45) is 5.92 Å². The fourth-order valence-electron chi connectivity index (χ4n) is 4.95. The summed E-state index contributed by atoms with van der Waals surface area (Å²) < 4.78 is 1.97. The lowest BCUT2D eigenvalue weighted by Crippen LogP contribution is -2.79. The zero-order valence-corrected chi connectivity index (χ0v) is 20.1. The molecule has 5 heteroatoms. The van der Waals surface area contributed by atoms with Crippen LogP contribution in [0.5, 0.6) is 0 Å². The number of urea groups is 1. The van der Waals surface area contributed by atoms with Crippen LogP contribution in [0.25, 0.3) is 0 Å². The zero-order valence-electron chi connectivity index (χ0n) is 19.1. The first-order valence-electron chi connectivity index (χ1n) is 11.2. The van der Waals surface area contributed by atoms with Crippen LogP contribution in [0.2, 0.25) is 0 Å². The summed E-state index contributed by atoms with van der Waals surface area (Å²) in [5, 5.41) is 3.28. The number of imide groups is 1. The van der Waals surface area contributed by atoms with Crippen molar-refractivity contribution in [3.8, 4) is 0 Å². The second-order valence-corrected chi connectivity index (χ2v) is 12.6. The van der Waals surface area contributed by atoms with Crippen molar-refractivity contribution in [2.45, 2.75) is 39.8 Å². The molecule has 4 nitrogen and oxygen atoms in total. The van der Waals surface area contributed by atoms with E-state index in [0.29, 0.717) is 0 Å². The quantitative estimate of drug-likeness (QED) is 0.334. The molecule has 164 valence electrons. The summed E-state index contributed by atoms with van der Waals surface area (Å²) in [6.07, 6.45) is 0. The Morgan fingerprint density at radius 2 is 1.03 bits per heavy atom. The van der Waals surface area contributed by atoms with E-state index in [1.807, 2.05) is 86.9 Å². The molecule has 4 rings (SSSR count). The minimum absolute atomic E-state index is 0.0155. The molecular weight excluding hydrogens is 412 g/mol. The van der Waals surface area contributed by atoms with Gasteiger partial charge in [0.25, 0.3) is 14.1 Å². The van der Waals surface area contributed by atoms with Crippen LogP contribution >= 0.6 is 0 Å². The van der Waals surface area contributed by atoms with E-state index in [2.05, 4.69) is 36.4 Å². The Hall–Kier alpha value is -3.18. The molecule has 3 aromatic carbocycles. The first kappa shape index (κ1) is 22.0. The maximum absolute atomic E-state index is 14.1. The van der Waals surface area contributed by atoms with Gasteiger partial charge in [-0.25, -0.2) is 4.79 Å². The van der Waals surface area contributed by atoms with Gasteiger partial charge in [-0.2, -0.15) is 0 Å². The van der Waals surface area contributed by atoms with Gasteiger partial charge in [-0.15, -0.1) is 0 Å². The molecule has 1 heterocycles. The lowest BCUT2D eigenvalue weighted by Gasteiger charge is -2.44. The molecule has 1 unspecified atom stereocenters. The summed E-state index contributed by atoms with van der Waals surface area (Å²) in [6.45, 7) is 7.89. The van der Waals surface area contributed by atoms with Crippen LogP contribution in [0.15, 0.2) is 91.0 Å². The molecule has 3 aromatic rings. The fourth-order valence-corrected chi connectivity index (χ4v) is 10.0. The SMILES string of the molecule is CC(C)C1C(=O)N(C(C)C)C(=O)N1[Si](c1ccccc1)(c1ccccc1)c1ccccc1. The van der Waals surface area contributed by atoms with Crippen molar-refractivity contribution in [1.29, 1.82) is 0 Å². The number of carbonyl (C=O) groups is 2.